The van der Waals surface area contributed by atoms with Crippen LogP contribution < -0.4 is 9.46 Å². The van der Waals surface area contributed by atoms with Crippen molar-refractivity contribution >= 4 is 27.0 Å². The summed E-state index contributed by atoms with van der Waals surface area (Å²) in [6, 6.07) is 18.4. The van der Waals surface area contributed by atoms with E-state index in [1.807, 2.05) is 92.6 Å². The summed E-state index contributed by atoms with van der Waals surface area (Å²) in [4.78, 5) is 20.3. The van der Waals surface area contributed by atoms with Gasteiger partial charge in [-0.3, -0.25) is 4.79 Å². The molecule has 1 saturated carbocycles. The minimum Gasteiger partial charge on any atom is -0.474 e. The molecule has 1 heterocycles. The molecule has 1 aliphatic carbocycles. The highest BCUT2D eigenvalue weighted by Gasteiger charge is 2.35. The molecule has 0 atom stereocenters. The molecule has 4 rings (SSSR count). The summed E-state index contributed by atoms with van der Waals surface area (Å²) in [5, 5.41) is -0.0881. The van der Waals surface area contributed by atoms with E-state index in [0.29, 0.717) is 5.88 Å². The number of carbonyl (C=O) groups is 1. The standard InChI is InChI=1S/C19H20N2O.C8H16O2.C6H13NO2S.2CH4/c1-14(2)22-19-18(13-12-15-8-4-3-5-9-15)20-16-10-6-7-11-17(16)21-19;1-6(2)7(9)10-8(3,4)5;1-5(2)7-10(8,9)6-3-4-6;;/h3-11,14H,12-13H2,1-2H3;6H,1-5H3;5-7H,3-4H2,1-2H3;2*1H4. The quantitative estimate of drug-likeness (QED) is 0.239. The number of para-hydroxylation sites is 2. The van der Waals surface area contributed by atoms with Crippen molar-refractivity contribution in [2.24, 2.45) is 5.92 Å². The maximum absolute atomic E-state index is 11.1. The molecule has 9 heteroatoms. The van der Waals surface area contributed by atoms with Crippen molar-refractivity contribution < 1.29 is 22.7 Å². The molecule has 8 nitrogen and oxygen atoms in total. The fourth-order valence-electron chi connectivity index (χ4n) is 3.63. The van der Waals surface area contributed by atoms with Crippen LogP contribution in [0.2, 0.25) is 0 Å². The van der Waals surface area contributed by atoms with Crippen LogP contribution in [0.1, 0.15) is 101 Å². The Morgan fingerprint density at radius 2 is 1.39 bits per heavy atom. The maximum Gasteiger partial charge on any atom is 0.308 e. The van der Waals surface area contributed by atoms with Crippen LogP contribution in [0.4, 0.5) is 0 Å². The van der Waals surface area contributed by atoms with E-state index in [2.05, 4.69) is 34.0 Å². The number of rotatable bonds is 9. The third kappa shape index (κ3) is 15.6. The zero-order valence-corrected chi connectivity index (χ0v) is 27.5. The highest BCUT2D eigenvalue weighted by Crippen LogP contribution is 2.27. The van der Waals surface area contributed by atoms with Gasteiger partial charge in [-0.05, 0) is 91.8 Å². The van der Waals surface area contributed by atoms with Crippen molar-refractivity contribution in [3.8, 4) is 5.88 Å². The molecular weight excluding hydrogens is 574 g/mol. The SMILES string of the molecule is C.C.CC(C)C(=O)OC(C)(C)C.CC(C)NS(=O)(=O)C1CC1.CC(C)Oc1nc2ccccc2nc1CCc1ccccc1. The Balaban J connectivity index is 0.000000709. The molecule has 0 unspecified atom stereocenters. The summed E-state index contributed by atoms with van der Waals surface area (Å²) >= 11 is 0. The lowest BCUT2D eigenvalue weighted by Gasteiger charge is -2.20. The average Bonchev–Trinajstić information content (AvgIpc) is 3.73. The Hall–Kier alpha value is -3.04. The second kappa shape index (κ2) is 18.7. The van der Waals surface area contributed by atoms with Crippen LogP contribution >= 0.6 is 0 Å². The number of ether oxygens (including phenoxy) is 2. The number of benzene rings is 2. The smallest absolute Gasteiger partial charge is 0.308 e. The van der Waals surface area contributed by atoms with E-state index in [0.717, 1.165) is 42.4 Å². The zero-order chi connectivity index (χ0) is 31.5. The van der Waals surface area contributed by atoms with E-state index < -0.39 is 10.0 Å². The fourth-order valence-corrected chi connectivity index (χ4v) is 5.24. The largest absolute Gasteiger partial charge is 0.474 e. The molecule has 0 amide bonds. The zero-order valence-electron chi connectivity index (χ0n) is 26.7. The number of carbonyl (C=O) groups excluding carboxylic acids is 1. The number of aromatic nitrogens is 2. The van der Waals surface area contributed by atoms with Gasteiger partial charge < -0.3 is 9.47 Å². The normalized spacial score (nSPS) is 12.7. The highest BCUT2D eigenvalue weighted by molar-refractivity contribution is 7.90. The molecule has 1 aliphatic rings. The first-order valence-corrected chi connectivity index (χ1v) is 16.3. The minimum atomic E-state index is -2.94. The molecule has 1 aromatic heterocycles. The van der Waals surface area contributed by atoms with E-state index in [1.165, 1.54) is 5.56 Å². The van der Waals surface area contributed by atoms with Crippen molar-refractivity contribution in [1.82, 2.24) is 14.7 Å². The maximum atomic E-state index is 11.1. The lowest BCUT2D eigenvalue weighted by molar-refractivity contribution is -0.158. The molecular formula is C35H57N3O5S. The molecule has 0 spiro atoms. The number of nitrogens with one attached hydrogen (secondary N) is 1. The van der Waals surface area contributed by atoms with Gasteiger partial charge in [0, 0.05) is 6.04 Å². The van der Waals surface area contributed by atoms with Crippen molar-refractivity contribution in [2.75, 3.05) is 0 Å². The Morgan fingerprint density at radius 3 is 1.82 bits per heavy atom. The number of hydrogen-bond acceptors (Lipinski definition) is 7. The van der Waals surface area contributed by atoms with Crippen molar-refractivity contribution in [3.63, 3.8) is 0 Å². The first-order chi connectivity index (χ1) is 19.6. The van der Waals surface area contributed by atoms with Gasteiger partial charge in [0.05, 0.1) is 28.3 Å². The van der Waals surface area contributed by atoms with Crippen LogP contribution in [0.5, 0.6) is 5.88 Å². The van der Waals surface area contributed by atoms with Crippen molar-refractivity contribution in [3.05, 3.63) is 65.9 Å². The summed E-state index contributed by atoms with van der Waals surface area (Å²) in [5.74, 6) is 0.497. The first kappa shape index (κ1) is 41.0. The number of fused-ring (bicyclic) bond motifs is 1. The molecule has 0 aliphatic heterocycles. The summed E-state index contributed by atoms with van der Waals surface area (Å²) in [6.45, 7) is 16.9. The molecule has 0 bridgehead atoms. The third-order valence-corrected chi connectivity index (χ3v) is 7.84. The summed E-state index contributed by atoms with van der Waals surface area (Å²) in [7, 11) is -2.94. The fraction of sp³-hybridized carbons (Fsp3) is 0.571. The van der Waals surface area contributed by atoms with Crippen molar-refractivity contribution in [2.45, 2.75) is 126 Å². The van der Waals surface area contributed by atoms with E-state index in [9.17, 15) is 13.2 Å². The van der Waals surface area contributed by atoms with Crippen LogP contribution in [-0.4, -0.2) is 47.4 Å². The Morgan fingerprint density at radius 1 is 0.864 bits per heavy atom. The van der Waals surface area contributed by atoms with E-state index in [-0.39, 0.29) is 49.7 Å². The monoisotopic (exact) mass is 631 g/mol. The van der Waals surface area contributed by atoms with Gasteiger partial charge in [0.15, 0.2) is 0 Å². The minimum absolute atomic E-state index is 0. The van der Waals surface area contributed by atoms with E-state index >= 15 is 0 Å². The van der Waals surface area contributed by atoms with Crippen molar-refractivity contribution in [1.29, 1.82) is 0 Å². The second-order valence-electron chi connectivity index (χ2n) is 12.3. The third-order valence-electron chi connectivity index (χ3n) is 5.69. The lowest BCUT2D eigenvalue weighted by Crippen LogP contribution is -2.32. The van der Waals surface area contributed by atoms with Crippen LogP contribution in [0.3, 0.4) is 0 Å². The average molecular weight is 632 g/mol. The molecule has 1 fully saturated rings. The number of nitrogens with zero attached hydrogens (tertiary/aromatic N) is 2. The van der Waals surface area contributed by atoms with Crippen LogP contribution in [-0.2, 0) is 32.4 Å². The first-order valence-electron chi connectivity index (χ1n) is 14.8. The molecule has 3 aromatic rings. The number of hydrogen-bond donors (Lipinski definition) is 1. The van der Waals surface area contributed by atoms with Crippen LogP contribution in [0.15, 0.2) is 54.6 Å². The Bertz CT molecular complexity index is 1360. The summed E-state index contributed by atoms with van der Waals surface area (Å²) in [5.41, 5.74) is 3.67. The van der Waals surface area contributed by atoms with Gasteiger partial charge >= 0.3 is 5.97 Å². The van der Waals surface area contributed by atoms with E-state index in [4.69, 9.17) is 14.5 Å². The van der Waals surface area contributed by atoms with Gasteiger partial charge in [-0.1, -0.05) is 71.2 Å². The topological polar surface area (TPSA) is 107 Å². The number of sulfonamides is 1. The van der Waals surface area contributed by atoms with E-state index in [1.54, 1.807) is 0 Å². The Labute approximate surface area is 267 Å². The molecule has 44 heavy (non-hydrogen) atoms. The lowest BCUT2D eigenvalue weighted by atomic mass is 10.1. The molecule has 248 valence electrons. The highest BCUT2D eigenvalue weighted by atomic mass is 32.2. The summed E-state index contributed by atoms with van der Waals surface area (Å²) < 4.78 is 35.7. The van der Waals surface area contributed by atoms with Gasteiger partial charge in [-0.15, -0.1) is 0 Å². The van der Waals surface area contributed by atoms with Crippen LogP contribution in [0.25, 0.3) is 11.0 Å². The predicted octanol–water partition coefficient (Wildman–Crippen LogP) is 7.94. The molecule has 0 radical (unpaired) electrons. The van der Waals surface area contributed by atoms with Crippen LogP contribution in [0, 0.1) is 5.92 Å². The Kier molecular flexibility index (Phi) is 17.4. The second-order valence-corrected chi connectivity index (χ2v) is 14.3. The van der Waals surface area contributed by atoms with Gasteiger partial charge in [0.2, 0.25) is 15.9 Å². The number of esters is 1. The molecule has 2 aromatic carbocycles. The van der Waals surface area contributed by atoms with Gasteiger partial charge in [-0.25, -0.2) is 23.1 Å². The molecule has 0 saturated heterocycles. The number of aryl methyl sites for hydroxylation is 2. The van der Waals surface area contributed by atoms with Gasteiger partial charge in [0.1, 0.15) is 11.3 Å². The predicted molar refractivity (Wildman–Crippen MR) is 184 cm³/mol. The van der Waals surface area contributed by atoms with Gasteiger partial charge in [-0.2, -0.15) is 0 Å². The summed E-state index contributed by atoms with van der Waals surface area (Å²) in [6.07, 6.45) is 3.52. The molecule has 1 N–H and O–H groups in total. The van der Waals surface area contributed by atoms with Gasteiger partial charge in [0.25, 0.3) is 0 Å².